The highest BCUT2D eigenvalue weighted by Gasteiger charge is 2.23. The molecule has 1 amide bonds. The SMILES string of the molecule is CCN(C(=O)c1ccc(Cl)cc1Cl)C(C)CC(=O)O. The molecular weight excluding hydrogens is 289 g/mol. The molecule has 1 rings (SSSR count). The first kappa shape index (κ1) is 15.8. The van der Waals surface area contributed by atoms with E-state index in [0.29, 0.717) is 17.1 Å². The smallest absolute Gasteiger partial charge is 0.305 e. The number of amides is 1. The second kappa shape index (κ2) is 6.78. The van der Waals surface area contributed by atoms with Crippen LogP contribution >= 0.6 is 23.2 Å². The van der Waals surface area contributed by atoms with Crippen LogP contribution in [0.25, 0.3) is 0 Å². The van der Waals surface area contributed by atoms with Crippen molar-refractivity contribution in [1.82, 2.24) is 4.90 Å². The van der Waals surface area contributed by atoms with E-state index in [9.17, 15) is 9.59 Å². The van der Waals surface area contributed by atoms with Crippen molar-refractivity contribution in [2.75, 3.05) is 6.54 Å². The lowest BCUT2D eigenvalue weighted by molar-refractivity contribution is -0.138. The van der Waals surface area contributed by atoms with Gasteiger partial charge in [-0.3, -0.25) is 9.59 Å². The molecule has 4 nitrogen and oxygen atoms in total. The van der Waals surface area contributed by atoms with E-state index in [-0.39, 0.29) is 17.4 Å². The maximum atomic E-state index is 12.3. The number of carbonyl (C=O) groups is 2. The normalized spacial score (nSPS) is 12.0. The zero-order chi connectivity index (χ0) is 14.6. The molecule has 1 unspecified atom stereocenters. The first-order valence-corrected chi connectivity index (χ1v) is 6.60. The molecule has 0 fully saturated rings. The van der Waals surface area contributed by atoms with Crippen LogP contribution in [-0.2, 0) is 4.79 Å². The summed E-state index contributed by atoms with van der Waals surface area (Å²) in [7, 11) is 0. The van der Waals surface area contributed by atoms with Gasteiger partial charge >= 0.3 is 5.97 Å². The molecular formula is C13H15Cl2NO3. The molecule has 6 heteroatoms. The molecule has 0 saturated carbocycles. The second-order valence-electron chi connectivity index (χ2n) is 4.16. The van der Waals surface area contributed by atoms with E-state index in [1.165, 1.54) is 11.0 Å². The predicted octanol–water partition coefficient (Wildman–Crippen LogP) is 3.32. The van der Waals surface area contributed by atoms with Crippen LogP contribution in [0.2, 0.25) is 10.0 Å². The Balaban J connectivity index is 2.98. The quantitative estimate of drug-likeness (QED) is 0.908. The monoisotopic (exact) mass is 303 g/mol. The van der Waals surface area contributed by atoms with Crippen molar-refractivity contribution in [1.29, 1.82) is 0 Å². The maximum Gasteiger partial charge on any atom is 0.305 e. The van der Waals surface area contributed by atoms with Crippen LogP contribution in [0, 0.1) is 0 Å². The Bertz CT molecular complexity index is 491. The van der Waals surface area contributed by atoms with Crippen molar-refractivity contribution < 1.29 is 14.7 Å². The molecule has 19 heavy (non-hydrogen) atoms. The van der Waals surface area contributed by atoms with E-state index < -0.39 is 12.0 Å². The number of rotatable bonds is 5. The molecule has 0 aliphatic heterocycles. The van der Waals surface area contributed by atoms with Gasteiger partial charge in [-0.2, -0.15) is 0 Å². The van der Waals surface area contributed by atoms with Crippen LogP contribution in [0.5, 0.6) is 0 Å². The molecule has 0 saturated heterocycles. The minimum absolute atomic E-state index is 0.106. The highest BCUT2D eigenvalue weighted by molar-refractivity contribution is 6.36. The van der Waals surface area contributed by atoms with Crippen molar-refractivity contribution in [2.45, 2.75) is 26.3 Å². The summed E-state index contributed by atoms with van der Waals surface area (Å²) in [5, 5.41) is 9.50. The van der Waals surface area contributed by atoms with E-state index in [1.807, 2.05) is 0 Å². The molecule has 1 aromatic rings. The van der Waals surface area contributed by atoms with Gasteiger partial charge in [0.15, 0.2) is 0 Å². The van der Waals surface area contributed by atoms with Gasteiger partial charge in [0, 0.05) is 17.6 Å². The standard InChI is InChI=1S/C13H15Cl2NO3/c1-3-16(8(2)6-12(17)18)13(19)10-5-4-9(14)7-11(10)15/h4-5,7-8H,3,6H2,1-2H3,(H,17,18). The number of carbonyl (C=O) groups excluding carboxylic acids is 1. The van der Waals surface area contributed by atoms with E-state index in [4.69, 9.17) is 28.3 Å². The summed E-state index contributed by atoms with van der Waals surface area (Å²) in [6, 6.07) is 4.22. The van der Waals surface area contributed by atoms with E-state index >= 15 is 0 Å². The minimum Gasteiger partial charge on any atom is -0.481 e. The largest absolute Gasteiger partial charge is 0.481 e. The summed E-state index contributed by atoms with van der Waals surface area (Å²) in [5.41, 5.74) is 0.324. The number of benzene rings is 1. The number of halogens is 2. The van der Waals surface area contributed by atoms with Crippen LogP contribution in [-0.4, -0.2) is 34.5 Å². The van der Waals surface area contributed by atoms with Crippen LogP contribution in [0.4, 0.5) is 0 Å². The molecule has 0 radical (unpaired) electrons. The summed E-state index contributed by atoms with van der Waals surface area (Å²) in [4.78, 5) is 24.5. The van der Waals surface area contributed by atoms with Gasteiger partial charge in [0.25, 0.3) is 5.91 Å². The topological polar surface area (TPSA) is 57.6 Å². The Morgan fingerprint density at radius 3 is 2.47 bits per heavy atom. The van der Waals surface area contributed by atoms with E-state index in [1.54, 1.807) is 26.0 Å². The lowest BCUT2D eigenvalue weighted by Gasteiger charge is -2.27. The third-order valence-electron chi connectivity index (χ3n) is 2.77. The highest BCUT2D eigenvalue weighted by atomic mass is 35.5. The highest BCUT2D eigenvalue weighted by Crippen LogP contribution is 2.23. The number of hydrogen-bond acceptors (Lipinski definition) is 2. The third kappa shape index (κ3) is 4.11. The van der Waals surface area contributed by atoms with Crippen LogP contribution < -0.4 is 0 Å². The van der Waals surface area contributed by atoms with E-state index in [2.05, 4.69) is 0 Å². The van der Waals surface area contributed by atoms with Crippen molar-refractivity contribution in [3.05, 3.63) is 33.8 Å². The number of aliphatic carboxylic acids is 1. The molecule has 0 heterocycles. The Kier molecular flexibility index (Phi) is 5.63. The first-order chi connectivity index (χ1) is 8.86. The molecule has 0 aliphatic rings. The van der Waals surface area contributed by atoms with Gasteiger partial charge in [-0.1, -0.05) is 23.2 Å². The average molecular weight is 304 g/mol. The molecule has 0 bridgehead atoms. The fourth-order valence-corrected chi connectivity index (χ4v) is 2.33. The van der Waals surface area contributed by atoms with Gasteiger partial charge in [-0.25, -0.2) is 0 Å². The Hall–Kier alpha value is -1.26. The number of hydrogen-bond donors (Lipinski definition) is 1. The maximum absolute atomic E-state index is 12.3. The fraction of sp³-hybridized carbons (Fsp3) is 0.385. The number of carboxylic acids is 1. The second-order valence-corrected chi connectivity index (χ2v) is 5.01. The first-order valence-electron chi connectivity index (χ1n) is 5.84. The van der Waals surface area contributed by atoms with Gasteiger partial charge in [-0.05, 0) is 32.0 Å². The lowest BCUT2D eigenvalue weighted by Crippen LogP contribution is -2.39. The van der Waals surface area contributed by atoms with Crippen molar-refractivity contribution >= 4 is 35.1 Å². The molecule has 0 aliphatic carbocycles. The fourth-order valence-electron chi connectivity index (χ4n) is 1.84. The van der Waals surface area contributed by atoms with Crippen LogP contribution in [0.3, 0.4) is 0 Å². The predicted molar refractivity (Wildman–Crippen MR) is 74.9 cm³/mol. The molecule has 0 aromatic heterocycles. The van der Waals surface area contributed by atoms with E-state index in [0.717, 1.165) is 0 Å². The number of carboxylic acid groups (broad SMARTS) is 1. The summed E-state index contributed by atoms with van der Waals surface area (Å²) >= 11 is 11.8. The summed E-state index contributed by atoms with van der Waals surface area (Å²) in [5.74, 6) is -1.24. The van der Waals surface area contributed by atoms with Gasteiger partial charge < -0.3 is 10.0 Å². The molecule has 1 aromatic carbocycles. The zero-order valence-electron chi connectivity index (χ0n) is 10.7. The van der Waals surface area contributed by atoms with Gasteiger partial charge in [-0.15, -0.1) is 0 Å². The van der Waals surface area contributed by atoms with Gasteiger partial charge in [0.1, 0.15) is 0 Å². The van der Waals surface area contributed by atoms with Crippen molar-refractivity contribution in [3.63, 3.8) is 0 Å². The molecule has 0 spiro atoms. The lowest BCUT2D eigenvalue weighted by atomic mass is 10.1. The average Bonchev–Trinajstić information content (AvgIpc) is 2.28. The van der Waals surface area contributed by atoms with Crippen molar-refractivity contribution in [3.8, 4) is 0 Å². The van der Waals surface area contributed by atoms with Crippen molar-refractivity contribution in [2.24, 2.45) is 0 Å². The Morgan fingerprint density at radius 1 is 1.37 bits per heavy atom. The Labute approximate surface area is 121 Å². The van der Waals surface area contributed by atoms with Crippen LogP contribution in [0.15, 0.2) is 18.2 Å². The minimum atomic E-state index is -0.944. The summed E-state index contributed by atoms with van der Waals surface area (Å²) < 4.78 is 0. The molecule has 1 N–H and O–H groups in total. The van der Waals surface area contributed by atoms with Gasteiger partial charge in [0.2, 0.25) is 0 Å². The summed E-state index contributed by atoms with van der Waals surface area (Å²) in [6.45, 7) is 3.89. The molecule has 104 valence electrons. The zero-order valence-corrected chi connectivity index (χ0v) is 12.2. The summed E-state index contributed by atoms with van der Waals surface area (Å²) in [6.07, 6.45) is -0.106. The third-order valence-corrected chi connectivity index (χ3v) is 3.31. The van der Waals surface area contributed by atoms with Gasteiger partial charge in [0.05, 0.1) is 17.0 Å². The Morgan fingerprint density at radius 2 is 2.00 bits per heavy atom. The molecule has 1 atom stereocenters. The van der Waals surface area contributed by atoms with Crippen LogP contribution in [0.1, 0.15) is 30.6 Å². The number of nitrogens with zero attached hydrogens (tertiary/aromatic N) is 1.